The van der Waals surface area contributed by atoms with Crippen LogP contribution in [-0.2, 0) is 12.8 Å². The second-order valence-corrected chi connectivity index (χ2v) is 6.78. The van der Waals surface area contributed by atoms with Crippen LogP contribution in [0.1, 0.15) is 53.1 Å². The Balaban J connectivity index is 1.68. The second-order valence-electron chi connectivity index (χ2n) is 5.66. The van der Waals surface area contributed by atoms with E-state index in [0.717, 1.165) is 25.7 Å². The van der Waals surface area contributed by atoms with E-state index in [2.05, 4.69) is 17.2 Å². The van der Waals surface area contributed by atoms with E-state index in [0.29, 0.717) is 12.1 Å². The summed E-state index contributed by atoms with van der Waals surface area (Å²) in [5, 5.41) is 14.8. The fraction of sp³-hybridized carbons (Fsp3) is 0.471. The van der Waals surface area contributed by atoms with Crippen LogP contribution in [0.5, 0.6) is 0 Å². The summed E-state index contributed by atoms with van der Waals surface area (Å²) in [6.45, 7) is 2.47. The molecule has 2 atom stereocenters. The van der Waals surface area contributed by atoms with Crippen LogP contribution in [0.25, 0.3) is 0 Å². The van der Waals surface area contributed by atoms with Gasteiger partial charge in [-0.2, -0.15) is 0 Å². The van der Waals surface area contributed by atoms with Gasteiger partial charge in [0.1, 0.15) is 5.82 Å². The van der Waals surface area contributed by atoms with Gasteiger partial charge in [-0.25, -0.2) is 9.37 Å². The van der Waals surface area contributed by atoms with Crippen LogP contribution in [0.2, 0.25) is 0 Å². The minimum absolute atomic E-state index is 0.225. The Morgan fingerprint density at radius 2 is 2.27 bits per heavy atom. The third-order valence-corrected chi connectivity index (χ3v) is 5.47. The van der Waals surface area contributed by atoms with Gasteiger partial charge in [-0.15, -0.1) is 11.3 Å². The monoisotopic (exact) mass is 320 g/mol. The van der Waals surface area contributed by atoms with Crippen molar-refractivity contribution >= 4 is 11.3 Å². The molecule has 1 aromatic carbocycles. The summed E-state index contributed by atoms with van der Waals surface area (Å²) in [4.78, 5) is 5.97. The number of fused-ring (bicyclic) bond motifs is 1. The van der Waals surface area contributed by atoms with E-state index in [1.807, 2.05) is 0 Å². The van der Waals surface area contributed by atoms with E-state index >= 15 is 0 Å². The van der Waals surface area contributed by atoms with Crippen molar-refractivity contribution in [2.24, 2.45) is 0 Å². The molecule has 2 unspecified atom stereocenters. The van der Waals surface area contributed by atoms with Crippen LogP contribution >= 0.6 is 11.3 Å². The SMILES string of the molecule is CCc1nc2c(s1)C(NCC(O)c1ccccc1F)CCC2. The van der Waals surface area contributed by atoms with Crippen LogP contribution in [-0.4, -0.2) is 16.6 Å². The molecule has 1 aliphatic rings. The second kappa shape index (κ2) is 6.86. The largest absolute Gasteiger partial charge is 0.387 e. The molecule has 0 amide bonds. The number of thiazole rings is 1. The molecule has 1 heterocycles. The summed E-state index contributed by atoms with van der Waals surface area (Å²) in [7, 11) is 0. The van der Waals surface area contributed by atoms with Gasteiger partial charge in [0, 0.05) is 23.0 Å². The lowest BCUT2D eigenvalue weighted by Gasteiger charge is -2.24. The average molecular weight is 320 g/mol. The predicted octanol–water partition coefficient (Wildman–Crippen LogP) is 3.55. The molecule has 0 saturated heterocycles. The van der Waals surface area contributed by atoms with Gasteiger partial charge in [0.05, 0.1) is 16.8 Å². The molecular formula is C17H21FN2OS. The van der Waals surface area contributed by atoms with Gasteiger partial charge in [0.25, 0.3) is 0 Å². The Hall–Kier alpha value is -1.30. The Labute approximate surface area is 134 Å². The molecule has 1 aromatic heterocycles. The highest BCUT2D eigenvalue weighted by atomic mass is 32.1. The molecule has 2 aromatic rings. The summed E-state index contributed by atoms with van der Waals surface area (Å²) in [6.07, 6.45) is 3.32. The van der Waals surface area contributed by atoms with E-state index in [4.69, 9.17) is 0 Å². The molecule has 3 nitrogen and oxygen atoms in total. The fourth-order valence-electron chi connectivity index (χ4n) is 2.93. The molecule has 5 heteroatoms. The fourth-order valence-corrected chi connectivity index (χ4v) is 4.09. The number of rotatable bonds is 5. The molecule has 0 aliphatic heterocycles. The maximum Gasteiger partial charge on any atom is 0.129 e. The summed E-state index contributed by atoms with van der Waals surface area (Å²) in [5.41, 5.74) is 1.55. The summed E-state index contributed by atoms with van der Waals surface area (Å²) >= 11 is 1.76. The Morgan fingerprint density at radius 3 is 3.05 bits per heavy atom. The topological polar surface area (TPSA) is 45.2 Å². The van der Waals surface area contributed by atoms with Gasteiger partial charge in [0.2, 0.25) is 0 Å². The van der Waals surface area contributed by atoms with Crippen molar-refractivity contribution in [3.63, 3.8) is 0 Å². The minimum atomic E-state index is -0.829. The van der Waals surface area contributed by atoms with Crippen molar-refractivity contribution in [3.05, 3.63) is 51.2 Å². The Morgan fingerprint density at radius 1 is 1.45 bits per heavy atom. The molecule has 0 bridgehead atoms. The zero-order valence-corrected chi connectivity index (χ0v) is 13.5. The van der Waals surface area contributed by atoms with Crippen molar-refractivity contribution in [2.45, 2.75) is 44.8 Å². The van der Waals surface area contributed by atoms with E-state index in [1.54, 1.807) is 29.5 Å². The molecule has 1 aliphatic carbocycles. The van der Waals surface area contributed by atoms with Crippen molar-refractivity contribution in [3.8, 4) is 0 Å². The van der Waals surface area contributed by atoms with Crippen LogP contribution in [0.3, 0.4) is 0 Å². The number of benzene rings is 1. The number of halogens is 1. The molecule has 2 N–H and O–H groups in total. The highest BCUT2D eigenvalue weighted by Crippen LogP contribution is 2.34. The maximum absolute atomic E-state index is 13.7. The Bertz CT molecular complexity index is 643. The van der Waals surface area contributed by atoms with Crippen LogP contribution < -0.4 is 5.32 Å². The molecule has 118 valence electrons. The normalized spacial score (nSPS) is 19.0. The molecule has 0 fully saturated rings. The maximum atomic E-state index is 13.7. The molecule has 0 saturated carbocycles. The summed E-state index contributed by atoms with van der Waals surface area (Å²) in [5.74, 6) is -0.354. The zero-order chi connectivity index (χ0) is 15.5. The lowest BCUT2D eigenvalue weighted by atomic mass is 9.97. The van der Waals surface area contributed by atoms with Crippen LogP contribution in [0.15, 0.2) is 24.3 Å². The van der Waals surface area contributed by atoms with Gasteiger partial charge in [-0.1, -0.05) is 25.1 Å². The third kappa shape index (κ3) is 3.21. The standard InChI is InChI=1S/C17H21FN2OS/c1-2-16-20-14-9-5-8-13(17(14)22-16)19-10-15(21)11-6-3-4-7-12(11)18/h3-4,6-7,13,15,19,21H,2,5,8-10H2,1H3. The number of hydrogen-bond donors (Lipinski definition) is 2. The molecule has 0 spiro atoms. The number of aliphatic hydroxyl groups excluding tert-OH is 1. The molecule has 22 heavy (non-hydrogen) atoms. The minimum Gasteiger partial charge on any atom is -0.387 e. The first kappa shape index (κ1) is 15.6. The van der Waals surface area contributed by atoms with Gasteiger partial charge >= 0.3 is 0 Å². The number of nitrogens with one attached hydrogen (secondary N) is 1. The number of aromatic nitrogens is 1. The average Bonchev–Trinajstić information content (AvgIpc) is 2.96. The molecule has 0 radical (unpaired) electrons. The van der Waals surface area contributed by atoms with Crippen LogP contribution in [0, 0.1) is 5.82 Å². The third-order valence-electron chi connectivity index (χ3n) is 4.12. The van der Waals surface area contributed by atoms with E-state index in [1.165, 1.54) is 21.6 Å². The van der Waals surface area contributed by atoms with Gasteiger partial charge in [0.15, 0.2) is 0 Å². The summed E-state index contributed by atoms with van der Waals surface area (Å²) in [6, 6.07) is 6.62. The highest BCUT2D eigenvalue weighted by molar-refractivity contribution is 7.11. The first-order valence-electron chi connectivity index (χ1n) is 7.83. The van der Waals surface area contributed by atoms with E-state index < -0.39 is 6.10 Å². The van der Waals surface area contributed by atoms with Gasteiger partial charge in [-0.3, -0.25) is 0 Å². The quantitative estimate of drug-likeness (QED) is 0.885. The van der Waals surface area contributed by atoms with Crippen molar-refractivity contribution in [1.29, 1.82) is 0 Å². The molecule has 3 rings (SSSR count). The highest BCUT2D eigenvalue weighted by Gasteiger charge is 2.25. The van der Waals surface area contributed by atoms with Crippen LogP contribution in [0.4, 0.5) is 4.39 Å². The number of aryl methyl sites for hydroxylation is 2. The van der Waals surface area contributed by atoms with E-state index in [-0.39, 0.29) is 11.9 Å². The van der Waals surface area contributed by atoms with Crippen molar-refractivity contribution < 1.29 is 9.50 Å². The Kier molecular flexibility index (Phi) is 4.86. The lowest BCUT2D eigenvalue weighted by molar-refractivity contribution is 0.164. The van der Waals surface area contributed by atoms with Gasteiger partial charge in [-0.05, 0) is 31.7 Å². The summed E-state index contributed by atoms with van der Waals surface area (Å²) < 4.78 is 13.7. The number of hydrogen-bond acceptors (Lipinski definition) is 4. The zero-order valence-electron chi connectivity index (χ0n) is 12.7. The smallest absolute Gasteiger partial charge is 0.129 e. The number of nitrogens with zero attached hydrogens (tertiary/aromatic N) is 1. The first-order valence-corrected chi connectivity index (χ1v) is 8.65. The molecular weight excluding hydrogens is 299 g/mol. The van der Waals surface area contributed by atoms with Crippen molar-refractivity contribution in [1.82, 2.24) is 10.3 Å². The van der Waals surface area contributed by atoms with Crippen molar-refractivity contribution in [2.75, 3.05) is 6.54 Å². The lowest BCUT2D eigenvalue weighted by Crippen LogP contribution is -2.28. The van der Waals surface area contributed by atoms with E-state index in [9.17, 15) is 9.50 Å². The van der Waals surface area contributed by atoms with Gasteiger partial charge < -0.3 is 10.4 Å². The first-order chi connectivity index (χ1) is 10.7. The number of aliphatic hydroxyl groups is 1. The predicted molar refractivity (Wildman–Crippen MR) is 86.5 cm³/mol.